The second-order valence-electron chi connectivity index (χ2n) is 5.57. The molecule has 18 heavy (non-hydrogen) atoms. The first kappa shape index (κ1) is 10.1. The predicted octanol–water partition coefficient (Wildman–Crippen LogP) is 2.33. The van der Waals surface area contributed by atoms with E-state index in [4.69, 9.17) is 5.73 Å². The lowest BCUT2D eigenvalue weighted by Gasteiger charge is -2.10. The van der Waals surface area contributed by atoms with E-state index in [0.29, 0.717) is 11.6 Å². The van der Waals surface area contributed by atoms with Gasteiger partial charge in [0.15, 0.2) is 0 Å². The number of hydrogen-bond donors (Lipinski definition) is 2. The number of benzene rings is 1. The van der Waals surface area contributed by atoms with E-state index in [1.165, 1.54) is 16.5 Å². The highest BCUT2D eigenvalue weighted by Gasteiger charge is 2.52. The second-order valence-corrected chi connectivity index (χ2v) is 5.57. The first-order valence-corrected chi connectivity index (χ1v) is 6.28. The zero-order valence-electron chi connectivity index (χ0n) is 10.3. The van der Waals surface area contributed by atoms with Crippen molar-refractivity contribution in [3.63, 3.8) is 0 Å². The van der Waals surface area contributed by atoms with E-state index in [0.717, 1.165) is 17.5 Å². The van der Waals surface area contributed by atoms with Gasteiger partial charge in [0.05, 0.1) is 0 Å². The van der Waals surface area contributed by atoms with E-state index in [9.17, 15) is 0 Å². The Labute approximate surface area is 106 Å². The summed E-state index contributed by atoms with van der Waals surface area (Å²) in [6, 6.07) is 6.87. The maximum Gasteiger partial charge on any atom is 0.0446 e. The van der Waals surface area contributed by atoms with E-state index in [1.54, 1.807) is 0 Å². The smallest absolute Gasteiger partial charge is 0.0446 e. The number of hydrogen-bond acceptors (Lipinski definition) is 3. The highest BCUT2D eigenvalue weighted by Crippen LogP contribution is 2.45. The molecule has 2 aromatic rings. The molecule has 2 aliphatic rings. The summed E-state index contributed by atoms with van der Waals surface area (Å²) in [5, 5.41) is 5.68. The molecule has 1 saturated heterocycles. The highest BCUT2D eigenvalue weighted by atomic mass is 15.2. The molecule has 4 rings (SSSR count). The van der Waals surface area contributed by atoms with Crippen LogP contribution in [0.2, 0.25) is 0 Å². The lowest BCUT2D eigenvalue weighted by atomic mass is 9.97. The van der Waals surface area contributed by atoms with Crippen molar-refractivity contribution < 1.29 is 0 Å². The van der Waals surface area contributed by atoms with Gasteiger partial charge in [-0.1, -0.05) is 6.08 Å². The van der Waals surface area contributed by atoms with Crippen molar-refractivity contribution >= 4 is 22.0 Å². The molecule has 0 spiro atoms. The maximum absolute atomic E-state index is 6.12. The minimum atomic E-state index is 0.303. The van der Waals surface area contributed by atoms with Crippen LogP contribution in [0.5, 0.6) is 0 Å². The molecule has 3 nitrogen and oxygen atoms in total. The summed E-state index contributed by atoms with van der Waals surface area (Å²) in [6.07, 6.45) is 7.07. The van der Waals surface area contributed by atoms with Crippen LogP contribution >= 0.6 is 0 Å². The maximum atomic E-state index is 6.12. The van der Waals surface area contributed by atoms with Crippen molar-refractivity contribution in [3.05, 3.63) is 42.2 Å². The average Bonchev–Trinajstić information content (AvgIpc) is 2.87. The molecular formula is C15H15N3. The van der Waals surface area contributed by atoms with Gasteiger partial charge in [-0.25, -0.2) is 0 Å². The van der Waals surface area contributed by atoms with E-state index >= 15 is 0 Å². The van der Waals surface area contributed by atoms with E-state index in [1.807, 2.05) is 18.5 Å². The number of nitrogens with one attached hydrogen (secondary N) is 1. The van der Waals surface area contributed by atoms with Crippen molar-refractivity contribution in [2.45, 2.75) is 24.9 Å². The SMILES string of the molecule is CC12CC(c3cc(N)c4cnccc4c3)=C[C@@H]1N2. The fourth-order valence-corrected chi connectivity index (χ4v) is 2.97. The number of aromatic nitrogens is 1. The fourth-order valence-electron chi connectivity index (χ4n) is 2.97. The van der Waals surface area contributed by atoms with Crippen molar-refractivity contribution in [2.24, 2.45) is 0 Å². The number of rotatable bonds is 1. The normalized spacial score (nSPS) is 29.2. The molecule has 0 saturated carbocycles. The van der Waals surface area contributed by atoms with Crippen LogP contribution in [0, 0.1) is 0 Å². The minimum Gasteiger partial charge on any atom is -0.398 e. The molecule has 0 radical (unpaired) electrons. The van der Waals surface area contributed by atoms with Gasteiger partial charge >= 0.3 is 0 Å². The van der Waals surface area contributed by atoms with Crippen molar-refractivity contribution in [1.29, 1.82) is 0 Å². The standard InChI is InChI=1S/C15H15N3/c1-15-7-11(6-14(15)18-15)10-4-9-2-3-17-8-12(9)13(16)5-10/h2-6,8,14,18H,7,16H2,1H3/t14-,15?/m0/s1. The van der Waals surface area contributed by atoms with Gasteiger partial charge in [-0.15, -0.1) is 0 Å². The molecule has 1 aliphatic carbocycles. The molecule has 0 bridgehead atoms. The predicted molar refractivity (Wildman–Crippen MR) is 74.1 cm³/mol. The molecule has 3 heteroatoms. The largest absolute Gasteiger partial charge is 0.398 e. The van der Waals surface area contributed by atoms with Gasteiger partial charge < -0.3 is 11.1 Å². The van der Waals surface area contributed by atoms with E-state index in [2.05, 4.69) is 35.4 Å². The molecule has 1 unspecified atom stereocenters. The minimum absolute atomic E-state index is 0.303. The number of anilines is 1. The Balaban J connectivity index is 1.85. The summed E-state index contributed by atoms with van der Waals surface area (Å²) in [5.41, 5.74) is 9.90. The quantitative estimate of drug-likeness (QED) is 0.591. The molecule has 2 atom stereocenters. The third-order valence-corrected chi connectivity index (χ3v) is 4.17. The van der Waals surface area contributed by atoms with Crippen LogP contribution in [0.3, 0.4) is 0 Å². The zero-order chi connectivity index (χ0) is 12.3. The van der Waals surface area contributed by atoms with E-state index < -0.39 is 0 Å². The Morgan fingerprint density at radius 1 is 1.44 bits per heavy atom. The average molecular weight is 237 g/mol. The van der Waals surface area contributed by atoms with Gasteiger partial charge in [0.25, 0.3) is 0 Å². The summed E-state index contributed by atoms with van der Waals surface area (Å²) < 4.78 is 0. The first-order chi connectivity index (χ1) is 8.66. The summed E-state index contributed by atoms with van der Waals surface area (Å²) in [6.45, 7) is 2.27. The number of fused-ring (bicyclic) bond motifs is 2. The van der Waals surface area contributed by atoms with Crippen LogP contribution in [-0.2, 0) is 0 Å². The number of pyridine rings is 1. The molecule has 90 valence electrons. The molecule has 1 aromatic heterocycles. The lowest BCUT2D eigenvalue weighted by Crippen LogP contribution is -2.07. The third-order valence-electron chi connectivity index (χ3n) is 4.17. The summed E-state index contributed by atoms with van der Waals surface area (Å²) in [5.74, 6) is 0. The molecule has 1 aromatic carbocycles. The zero-order valence-corrected chi connectivity index (χ0v) is 10.3. The van der Waals surface area contributed by atoms with Gasteiger partial charge in [0.2, 0.25) is 0 Å². The van der Waals surface area contributed by atoms with Crippen molar-refractivity contribution in [3.8, 4) is 0 Å². The van der Waals surface area contributed by atoms with Crippen LogP contribution in [0.1, 0.15) is 18.9 Å². The van der Waals surface area contributed by atoms with Crippen LogP contribution in [0.15, 0.2) is 36.7 Å². The Morgan fingerprint density at radius 2 is 2.33 bits per heavy atom. The Bertz CT molecular complexity index is 689. The summed E-state index contributed by atoms with van der Waals surface area (Å²) >= 11 is 0. The van der Waals surface area contributed by atoms with Crippen LogP contribution in [0.4, 0.5) is 5.69 Å². The first-order valence-electron chi connectivity index (χ1n) is 6.28. The summed E-state index contributed by atoms with van der Waals surface area (Å²) in [7, 11) is 0. The highest BCUT2D eigenvalue weighted by molar-refractivity contribution is 5.95. The molecule has 2 heterocycles. The van der Waals surface area contributed by atoms with Gasteiger partial charge in [-0.2, -0.15) is 0 Å². The lowest BCUT2D eigenvalue weighted by molar-refractivity contribution is 0.722. The van der Waals surface area contributed by atoms with Gasteiger partial charge in [-0.3, -0.25) is 4.98 Å². The third kappa shape index (κ3) is 1.31. The molecule has 3 N–H and O–H groups in total. The van der Waals surface area contributed by atoms with Crippen molar-refractivity contribution in [2.75, 3.05) is 5.73 Å². The Kier molecular flexibility index (Phi) is 1.75. The van der Waals surface area contributed by atoms with Crippen LogP contribution < -0.4 is 11.1 Å². The van der Waals surface area contributed by atoms with Gasteiger partial charge in [0.1, 0.15) is 0 Å². The Morgan fingerprint density at radius 3 is 3.11 bits per heavy atom. The fraction of sp³-hybridized carbons (Fsp3) is 0.267. The topological polar surface area (TPSA) is 60.8 Å². The molecule has 0 amide bonds. The monoisotopic (exact) mass is 237 g/mol. The second kappa shape index (κ2) is 3.12. The van der Waals surface area contributed by atoms with E-state index in [-0.39, 0.29) is 0 Å². The number of nitrogens with two attached hydrogens (primary N) is 1. The Hall–Kier alpha value is -1.87. The van der Waals surface area contributed by atoms with Crippen LogP contribution in [-0.4, -0.2) is 16.6 Å². The number of nitrogens with zero attached hydrogens (tertiary/aromatic N) is 1. The molecule has 1 fully saturated rings. The number of nitrogen functional groups attached to an aromatic ring is 1. The summed E-state index contributed by atoms with van der Waals surface area (Å²) in [4.78, 5) is 4.13. The van der Waals surface area contributed by atoms with Gasteiger partial charge in [-0.05, 0) is 48.1 Å². The van der Waals surface area contributed by atoms with Crippen molar-refractivity contribution in [1.82, 2.24) is 10.3 Å². The molecular weight excluding hydrogens is 222 g/mol. The van der Waals surface area contributed by atoms with Crippen LogP contribution in [0.25, 0.3) is 16.3 Å². The van der Waals surface area contributed by atoms with Gasteiger partial charge in [0, 0.05) is 35.0 Å². The molecule has 1 aliphatic heterocycles.